The number of phenolic OH excluding ortho intramolecular Hbond substituents is 1. The highest BCUT2D eigenvalue weighted by Crippen LogP contribution is 2.15. The standard InChI is InChI=1S/C16H26N2O/c1-3-8-17-9-11-18(12-10-17)14(2)13-15-4-6-16(19)7-5-15/h4-7,14,19H,3,8-13H2,1-2H3. The number of aromatic hydroxyl groups is 1. The molecule has 0 aromatic heterocycles. The first-order valence-corrected chi connectivity index (χ1v) is 7.43. The second kappa shape index (κ2) is 6.92. The summed E-state index contributed by atoms with van der Waals surface area (Å²) in [5.74, 6) is 0.351. The monoisotopic (exact) mass is 262 g/mol. The van der Waals surface area contributed by atoms with Crippen molar-refractivity contribution in [2.24, 2.45) is 0 Å². The van der Waals surface area contributed by atoms with Gasteiger partial charge in [0.25, 0.3) is 0 Å². The van der Waals surface area contributed by atoms with Crippen LogP contribution < -0.4 is 0 Å². The van der Waals surface area contributed by atoms with Crippen LogP contribution in [0.2, 0.25) is 0 Å². The maximum Gasteiger partial charge on any atom is 0.115 e. The number of hydrogen-bond acceptors (Lipinski definition) is 3. The molecule has 1 aliphatic heterocycles. The Bertz CT molecular complexity index is 369. The van der Waals surface area contributed by atoms with E-state index in [0.29, 0.717) is 11.8 Å². The summed E-state index contributed by atoms with van der Waals surface area (Å²) in [6.07, 6.45) is 2.32. The Labute approximate surface area is 116 Å². The van der Waals surface area contributed by atoms with Gasteiger partial charge in [0.2, 0.25) is 0 Å². The minimum absolute atomic E-state index is 0.351. The molecule has 3 nitrogen and oxygen atoms in total. The zero-order valence-electron chi connectivity index (χ0n) is 12.2. The highest BCUT2D eigenvalue weighted by atomic mass is 16.3. The number of hydrogen-bond donors (Lipinski definition) is 1. The molecule has 19 heavy (non-hydrogen) atoms. The Hall–Kier alpha value is -1.06. The van der Waals surface area contributed by atoms with Crippen LogP contribution in [0.4, 0.5) is 0 Å². The predicted molar refractivity (Wildman–Crippen MR) is 79.6 cm³/mol. The van der Waals surface area contributed by atoms with Crippen LogP contribution in [-0.2, 0) is 6.42 Å². The van der Waals surface area contributed by atoms with E-state index in [9.17, 15) is 5.11 Å². The predicted octanol–water partition coefficient (Wildman–Crippen LogP) is 2.35. The summed E-state index contributed by atoms with van der Waals surface area (Å²) in [6, 6.07) is 8.19. The second-order valence-electron chi connectivity index (χ2n) is 5.60. The molecule has 1 aromatic carbocycles. The van der Waals surface area contributed by atoms with Crippen LogP contribution in [0.1, 0.15) is 25.8 Å². The molecular weight excluding hydrogens is 236 g/mol. The van der Waals surface area contributed by atoms with Crippen molar-refractivity contribution in [3.05, 3.63) is 29.8 Å². The third kappa shape index (κ3) is 4.22. The van der Waals surface area contributed by atoms with Crippen LogP contribution in [0, 0.1) is 0 Å². The van der Waals surface area contributed by atoms with Crippen molar-refractivity contribution in [2.45, 2.75) is 32.7 Å². The molecule has 0 spiro atoms. The molecule has 1 atom stereocenters. The zero-order valence-corrected chi connectivity index (χ0v) is 12.2. The van der Waals surface area contributed by atoms with E-state index in [1.807, 2.05) is 12.1 Å². The smallest absolute Gasteiger partial charge is 0.115 e. The van der Waals surface area contributed by atoms with Gasteiger partial charge in [0, 0.05) is 32.2 Å². The Morgan fingerprint density at radius 1 is 1.11 bits per heavy atom. The number of nitrogens with zero attached hydrogens (tertiary/aromatic N) is 2. The molecule has 0 amide bonds. The van der Waals surface area contributed by atoms with Crippen molar-refractivity contribution in [3.8, 4) is 5.75 Å². The van der Waals surface area contributed by atoms with Crippen LogP contribution in [0.3, 0.4) is 0 Å². The quantitative estimate of drug-likeness (QED) is 0.882. The fourth-order valence-corrected chi connectivity index (χ4v) is 2.85. The first kappa shape index (κ1) is 14.4. The van der Waals surface area contributed by atoms with Crippen LogP contribution in [0.25, 0.3) is 0 Å². The molecule has 1 heterocycles. The van der Waals surface area contributed by atoms with E-state index in [4.69, 9.17) is 0 Å². The Morgan fingerprint density at radius 3 is 2.32 bits per heavy atom. The molecule has 0 saturated carbocycles. The molecule has 1 aliphatic rings. The number of rotatable bonds is 5. The fraction of sp³-hybridized carbons (Fsp3) is 0.625. The topological polar surface area (TPSA) is 26.7 Å². The van der Waals surface area contributed by atoms with Crippen molar-refractivity contribution in [1.82, 2.24) is 9.80 Å². The molecule has 1 N–H and O–H groups in total. The Balaban J connectivity index is 1.81. The molecule has 2 rings (SSSR count). The van der Waals surface area contributed by atoms with Crippen LogP contribution in [-0.4, -0.2) is 53.7 Å². The molecule has 1 unspecified atom stereocenters. The van der Waals surface area contributed by atoms with E-state index in [1.54, 1.807) is 12.1 Å². The Kier molecular flexibility index (Phi) is 5.23. The van der Waals surface area contributed by atoms with E-state index in [0.717, 1.165) is 6.42 Å². The third-order valence-corrected chi connectivity index (χ3v) is 4.04. The van der Waals surface area contributed by atoms with E-state index >= 15 is 0 Å². The van der Waals surface area contributed by atoms with Gasteiger partial charge >= 0.3 is 0 Å². The number of piperazine rings is 1. The lowest BCUT2D eigenvalue weighted by Crippen LogP contribution is -2.50. The maximum atomic E-state index is 9.30. The largest absolute Gasteiger partial charge is 0.508 e. The van der Waals surface area contributed by atoms with Gasteiger partial charge in [0.1, 0.15) is 5.75 Å². The molecule has 3 heteroatoms. The summed E-state index contributed by atoms with van der Waals surface area (Å²) in [5.41, 5.74) is 1.31. The molecular formula is C16H26N2O. The van der Waals surface area contributed by atoms with Crippen molar-refractivity contribution in [1.29, 1.82) is 0 Å². The molecule has 1 aromatic rings. The summed E-state index contributed by atoms with van der Waals surface area (Å²) in [4.78, 5) is 5.14. The first-order valence-electron chi connectivity index (χ1n) is 7.43. The molecule has 0 bridgehead atoms. The summed E-state index contributed by atoms with van der Waals surface area (Å²) in [7, 11) is 0. The van der Waals surface area contributed by atoms with Gasteiger partial charge in [-0.3, -0.25) is 4.90 Å². The van der Waals surface area contributed by atoms with Gasteiger partial charge in [0.15, 0.2) is 0 Å². The van der Waals surface area contributed by atoms with Gasteiger partial charge in [-0.05, 0) is 44.0 Å². The van der Waals surface area contributed by atoms with Crippen LogP contribution in [0.15, 0.2) is 24.3 Å². The molecule has 0 aliphatic carbocycles. The molecule has 1 fully saturated rings. The molecule has 0 radical (unpaired) electrons. The Morgan fingerprint density at radius 2 is 1.74 bits per heavy atom. The molecule has 1 saturated heterocycles. The van der Waals surface area contributed by atoms with Gasteiger partial charge in [0.05, 0.1) is 0 Å². The lowest BCUT2D eigenvalue weighted by Gasteiger charge is -2.38. The molecule has 106 valence electrons. The normalized spacial score (nSPS) is 19.5. The van der Waals surface area contributed by atoms with E-state index in [1.165, 1.54) is 44.7 Å². The van der Waals surface area contributed by atoms with Crippen LogP contribution >= 0.6 is 0 Å². The van der Waals surface area contributed by atoms with Gasteiger partial charge in [-0.15, -0.1) is 0 Å². The highest BCUT2D eigenvalue weighted by molar-refractivity contribution is 5.26. The average Bonchev–Trinajstić information content (AvgIpc) is 2.42. The van der Waals surface area contributed by atoms with Crippen molar-refractivity contribution < 1.29 is 5.11 Å². The van der Waals surface area contributed by atoms with Gasteiger partial charge in [-0.1, -0.05) is 19.1 Å². The number of benzene rings is 1. The lowest BCUT2D eigenvalue weighted by molar-refractivity contribution is 0.102. The van der Waals surface area contributed by atoms with Gasteiger partial charge < -0.3 is 10.0 Å². The average molecular weight is 262 g/mol. The third-order valence-electron chi connectivity index (χ3n) is 4.04. The zero-order chi connectivity index (χ0) is 13.7. The summed E-state index contributed by atoms with van der Waals surface area (Å²) < 4.78 is 0. The van der Waals surface area contributed by atoms with Gasteiger partial charge in [-0.2, -0.15) is 0 Å². The summed E-state index contributed by atoms with van der Waals surface area (Å²) >= 11 is 0. The lowest BCUT2D eigenvalue weighted by atomic mass is 10.1. The van der Waals surface area contributed by atoms with E-state index in [-0.39, 0.29) is 0 Å². The van der Waals surface area contributed by atoms with E-state index in [2.05, 4.69) is 23.6 Å². The van der Waals surface area contributed by atoms with Crippen LogP contribution in [0.5, 0.6) is 5.75 Å². The summed E-state index contributed by atoms with van der Waals surface area (Å²) in [5, 5.41) is 9.30. The fourth-order valence-electron chi connectivity index (χ4n) is 2.85. The van der Waals surface area contributed by atoms with Crippen molar-refractivity contribution in [2.75, 3.05) is 32.7 Å². The van der Waals surface area contributed by atoms with E-state index < -0.39 is 0 Å². The van der Waals surface area contributed by atoms with Gasteiger partial charge in [-0.25, -0.2) is 0 Å². The minimum atomic E-state index is 0.351. The van der Waals surface area contributed by atoms with Crippen molar-refractivity contribution >= 4 is 0 Å². The minimum Gasteiger partial charge on any atom is -0.508 e. The second-order valence-corrected chi connectivity index (χ2v) is 5.60. The maximum absolute atomic E-state index is 9.30. The first-order chi connectivity index (χ1) is 9.19. The summed E-state index contributed by atoms with van der Waals surface area (Å²) in [6.45, 7) is 10.6. The van der Waals surface area contributed by atoms with Crippen molar-refractivity contribution in [3.63, 3.8) is 0 Å². The SMILES string of the molecule is CCCN1CCN(C(C)Cc2ccc(O)cc2)CC1. The highest BCUT2D eigenvalue weighted by Gasteiger charge is 2.20. The number of phenols is 1.